The molecule has 0 bridgehead atoms. The van der Waals surface area contributed by atoms with Crippen LogP contribution in [0.3, 0.4) is 0 Å². The van der Waals surface area contributed by atoms with Crippen molar-refractivity contribution in [1.29, 1.82) is 0 Å². The molecule has 0 amide bonds. The van der Waals surface area contributed by atoms with Gasteiger partial charge >= 0.3 is 0 Å². The van der Waals surface area contributed by atoms with Crippen LogP contribution >= 0.6 is 0 Å². The van der Waals surface area contributed by atoms with Gasteiger partial charge in [0.2, 0.25) is 0 Å². The van der Waals surface area contributed by atoms with Crippen LogP contribution in [0.2, 0.25) is 0 Å². The topological polar surface area (TPSA) is 0 Å². The van der Waals surface area contributed by atoms with E-state index >= 15 is 0 Å². The number of rotatable bonds is 0. The minimum atomic E-state index is 0.818. The second kappa shape index (κ2) is 4.64. The Hall–Kier alpha value is -0.520. The van der Waals surface area contributed by atoms with Crippen LogP contribution in [0.4, 0.5) is 0 Å². The van der Waals surface area contributed by atoms with Gasteiger partial charge in [0, 0.05) is 0 Å². The predicted octanol–water partition coefficient (Wildman–Crippen LogP) is 4.23. The lowest BCUT2D eigenvalue weighted by molar-refractivity contribution is 0.515. The van der Waals surface area contributed by atoms with Crippen molar-refractivity contribution in [2.45, 2.75) is 51.4 Å². The van der Waals surface area contributed by atoms with Gasteiger partial charge < -0.3 is 0 Å². The third kappa shape index (κ3) is 2.46. The highest BCUT2D eigenvalue weighted by molar-refractivity contribution is 5.27. The van der Waals surface area contributed by atoms with Gasteiger partial charge in [0.25, 0.3) is 0 Å². The summed E-state index contributed by atoms with van der Waals surface area (Å²) in [6.45, 7) is 0. The van der Waals surface area contributed by atoms with Gasteiger partial charge in [0.1, 0.15) is 0 Å². The SMILES string of the molecule is C1=CC2CCCCCCCCC2=C1. The van der Waals surface area contributed by atoms with E-state index in [1.165, 1.54) is 51.4 Å². The molecular weight excluding hydrogens is 156 g/mol. The van der Waals surface area contributed by atoms with Gasteiger partial charge in [0.15, 0.2) is 0 Å². The molecule has 1 atom stereocenters. The van der Waals surface area contributed by atoms with Crippen LogP contribution in [-0.4, -0.2) is 0 Å². The van der Waals surface area contributed by atoms with E-state index in [4.69, 9.17) is 0 Å². The summed E-state index contributed by atoms with van der Waals surface area (Å²) in [7, 11) is 0. The minimum Gasteiger partial charge on any atom is -0.0773 e. The maximum Gasteiger partial charge on any atom is -0.00170 e. The molecule has 0 N–H and O–H groups in total. The van der Waals surface area contributed by atoms with Crippen LogP contribution in [0.15, 0.2) is 23.8 Å². The highest BCUT2D eigenvalue weighted by atomic mass is 14.2. The molecule has 13 heavy (non-hydrogen) atoms. The molecule has 0 aromatic rings. The van der Waals surface area contributed by atoms with Crippen LogP contribution in [0, 0.1) is 5.92 Å². The maximum atomic E-state index is 2.40. The zero-order valence-electron chi connectivity index (χ0n) is 8.47. The Balaban J connectivity index is 1.91. The van der Waals surface area contributed by atoms with Gasteiger partial charge in [-0.15, -0.1) is 0 Å². The number of fused-ring (bicyclic) bond motifs is 1. The molecular formula is C13H20. The lowest BCUT2D eigenvalue weighted by atomic mass is 9.90. The van der Waals surface area contributed by atoms with E-state index in [0.29, 0.717) is 0 Å². The van der Waals surface area contributed by atoms with Crippen LogP contribution in [0.5, 0.6) is 0 Å². The van der Waals surface area contributed by atoms with E-state index in [1.54, 1.807) is 5.57 Å². The molecule has 72 valence electrons. The zero-order valence-corrected chi connectivity index (χ0v) is 8.47. The average molecular weight is 176 g/mol. The fourth-order valence-corrected chi connectivity index (χ4v) is 2.51. The third-order valence-corrected chi connectivity index (χ3v) is 3.36. The molecule has 0 aliphatic heterocycles. The van der Waals surface area contributed by atoms with E-state index in [1.807, 2.05) is 0 Å². The summed E-state index contributed by atoms with van der Waals surface area (Å²) in [6.07, 6.45) is 18.5. The molecule has 0 aromatic heterocycles. The Bertz CT molecular complexity index is 210. The summed E-state index contributed by atoms with van der Waals surface area (Å²) in [5.74, 6) is 0.818. The Morgan fingerprint density at radius 2 is 1.69 bits per heavy atom. The monoisotopic (exact) mass is 176 g/mol. The molecule has 1 saturated carbocycles. The van der Waals surface area contributed by atoms with Crippen LogP contribution in [0.1, 0.15) is 51.4 Å². The number of hydrogen-bond acceptors (Lipinski definition) is 0. The van der Waals surface area contributed by atoms with Crippen molar-refractivity contribution in [1.82, 2.24) is 0 Å². The van der Waals surface area contributed by atoms with Crippen molar-refractivity contribution in [2.75, 3.05) is 0 Å². The summed E-state index contributed by atoms with van der Waals surface area (Å²) in [5, 5.41) is 0. The van der Waals surface area contributed by atoms with E-state index in [9.17, 15) is 0 Å². The Morgan fingerprint density at radius 1 is 0.923 bits per heavy atom. The van der Waals surface area contributed by atoms with Gasteiger partial charge in [-0.25, -0.2) is 0 Å². The molecule has 0 radical (unpaired) electrons. The average Bonchev–Trinajstić information content (AvgIpc) is 2.59. The lowest BCUT2D eigenvalue weighted by Crippen LogP contribution is -2.00. The highest BCUT2D eigenvalue weighted by Crippen LogP contribution is 2.30. The second-order valence-corrected chi connectivity index (χ2v) is 4.39. The van der Waals surface area contributed by atoms with Gasteiger partial charge in [-0.2, -0.15) is 0 Å². The minimum absolute atomic E-state index is 0.818. The number of allylic oxidation sites excluding steroid dienone is 4. The molecule has 1 fully saturated rings. The highest BCUT2D eigenvalue weighted by Gasteiger charge is 2.14. The molecule has 0 nitrogen and oxygen atoms in total. The maximum absolute atomic E-state index is 2.40. The molecule has 0 heteroatoms. The first-order valence-electron chi connectivity index (χ1n) is 5.84. The third-order valence-electron chi connectivity index (χ3n) is 3.36. The molecule has 2 aliphatic carbocycles. The Morgan fingerprint density at radius 3 is 2.62 bits per heavy atom. The van der Waals surface area contributed by atoms with Crippen molar-refractivity contribution >= 4 is 0 Å². The van der Waals surface area contributed by atoms with Gasteiger partial charge in [-0.05, 0) is 25.2 Å². The summed E-state index contributed by atoms with van der Waals surface area (Å²) in [6, 6.07) is 0. The van der Waals surface area contributed by atoms with E-state index in [-0.39, 0.29) is 0 Å². The Kier molecular flexibility index (Phi) is 3.23. The van der Waals surface area contributed by atoms with Gasteiger partial charge in [-0.3, -0.25) is 0 Å². The van der Waals surface area contributed by atoms with Gasteiger partial charge in [-0.1, -0.05) is 55.9 Å². The molecule has 1 unspecified atom stereocenters. The van der Waals surface area contributed by atoms with Crippen LogP contribution in [-0.2, 0) is 0 Å². The molecule has 0 aromatic carbocycles. The fourth-order valence-electron chi connectivity index (χ4n) is 2.51. The van der Waals surface area contributed by atoms with E-state index in [2.05, 4.69) is 18.2 Å². The zero-order chi connectivity index (χ0) is 8.93. The summed E-state index contributed by atoms with van der Waals surface area (Å²) in [5.41, 5.74) is 1.71. The molecule has 2 rings (SSSR count). The van der Waals surface area contributed by atoms with Crippen molar-refractivity contribution in [3.63, 3.8) is 0 Å². The lowest BCUT2D eigenvalue weighted by Gasteiger charge is -2.15. The Labute approximate surface area is 81.7 Å². The predicted molar refractivity (Wildman–Crippen MR) is 57.6 cm³/mol. The standard InChI is InChI=1S/C13H20/c1-2-4-6-9-13-11-7-10-12(13)8-5-3-1/h7,10-12H,1-6,8-9H2. The summed E-state index contributed by atoms with van der Waals surface area (Å²) in [4.78, 5) is 0. The first-order chi connectivity index (χ1) is 6.47. The van der Waals surface area contributed by atoms with Crippen LogP contribution < -0.4 is 0 Å². The van der Waals surface area contributed by atoms with Crippen LogP contribution in [0.25, 0.3) is 0 Å². The molecule has 0 heterocycles. The summed E-state index contributed by atoms with van der Waals surface area (Å²) < 4.78 is 0. The molecule has 0 spiro atoms. The second-order valence-electron chi connectivity index (χ2n) is 4.39. The number of hydrogen-bond donors (Lipinski definition) is 0. The van der Waals surface area contributed by atoms with Crippen molar-refractivity contribution in [2.24, 2.45) is 5.92 Å². The van der Waals surface area contributed by atoms with Crippen molar-refractivity contribution in [3.8, 4) is 0 Å². The molecule has 2 aliphatic rings. The van der Waals surface area contributed by atoms with E-state index in [0.717, 1.165) is 5.92 Å². The summed E-state index contributed by atoms with van der Waals surface area (Å²) >= 11 is 0. The van der Waals surface area contributed by atoms with Gasteiger partial charge in [0.05, 0.1) is 0 Å². The first kappa shape index (κ1) is 9.05. The first-order valence-corrected chi connectivity index (χ1v) is 5.84. The largest absolute Gasteiger partial charge is 0.0773 e. The van der Waals surface area contributed by atoms with E-state index < -0.39 is 0 Å². The molecule has 0 saturated heterocycles. The fraction of sp³-hybridized carbons (Fsp3) is 0.692. The van der Waals surface area contributed by atoms with Crippen molar-refractivity contribution < 1.29 is 0 Å². The quantitative estimate of drug-likeness (QED) is 0.518. The van der Waals surface area contributed by atoms with Crippen molar-refractivity contribution in [3.05, 3.63) is 23.8 Å². The smallest absolute Gasteiger partial charge is 0.00170 e. The normalized spacial score (nSPS) is 29.5.